The quantitative estimate of drug-likeness (QED) is 0.772. The largest absolute Gasteiger partial charge is 0.354 e. The molecule has 1 saturated carbocycles. The third kappa shape index (κ3) is 5.04. The van der Waals surface area contributed by atoms with Gasteiger partial charge in [0.15, 0.2) is 0 Å². The minimum atomic E-state index is -0.0137. The van der Waals surface area contributed by atoms with Crippen molar-refractivity contribution in [2.24, 2.45) is 5.92 Å². The van der Waals surface area contributed by atoms with E-state index in [-0.39, 0.29) is 5.91 Å². The van der Waals surface area contributed by atoms with Gasteiger partial charge in [0.1, 0.15) is 0 Å². The Kier molecular flexibility index (Phi) is 5.25. The number of carbonyl (C=O) groups is 1. The van der Waals surface area contributed by atoms with Crippen molar-refractivity contribution in [2.45, 2.75) is 19.3 Å². The van der Waals surface area contributed by atoms with Crippen LogP contribution in [-0.2, 0) is 11.2 Å². The van der Waals surface area contributed by atoms with Crippen LogP contribution in [0.3, 0.4) is 0 Å². The standard InChI is InChI=1S/C16H19ClN4O2/c17-13-3-1-2-12(8-13)16-20-15(23-21-16)6-7-19-14(22)10-18-9-11-4-5-11/h1-3,8,11,18H,4-7,9-10H2,(H,19,22). The highest BCUT2D eigenvalue weighted by Crippen LogP contribution is 2.27. The molecule has 1 amide bonds. The summed E-state index contributed by atoms with van der Waals surface area (Å²) in [4.78, 5) is 16.0. The Balaban J connectivity index is 1.41. The lowest BCUT2D eigenvalue weighted by Gasteiger charge is -2.04. The number of rotatable bonds is 8. The van der Waals surface area contributed by atoms with Crippen molar-refractivity contribution >= 4 is 17.5 Å². The second-order valence-corrected chi connectivity index (χ2v) is 6.13. The Morgan fingerprint density at radius 1 is 1.39 bits per heavy atom. The Morgan fingerprint density at radius 3 is 3.04 bits per heavy atom. The molecule has 1 fully saturated rings. The molecule has 0 atom stereocenters. The summed E-state index contributed by atoms with van der Waals surface area (Å²) in [5.74, 6) is 1.75. The molecule has 6 nitrogen and oxygen atoms in total. The van der Waals surface area contributed by atoms with Crippen molar-refractivity contribution in [3.8, 4) is 11.4 Å². The molecule has 0 spiro atoms. The number of amides is 1. The molecule has 1 heterocycles. The molecule has 0 aliphatic heterocycles. The molecular weight excluding hydrogens is 316 g/mol. The van der Waals surface area contributed by atoms with Crippen LogP contribution in [0.5, 0.6) is 0 Å². The summed E-state index contributed by atoms with van der Waals surface area (Å²) in [6, 6.07) is 7.28. The van der Waals surface area contributed by atoms with Gasteiger partial charge in [0.05, 0.1) is 6.54 Å². The van der Waals surface area contributed by atoms with Gasteiger partial charge in [-0.15, -0.1) is 0 Å². The average Bonchev–Trinajstić information content (AvgIpc) is 3.23. The van der Waals surface area contributed by atoms with Gasteiger partial charge in [-0.1, -0.05) is 28.9 Å². The van der Waals surface area contributed by atoms with Gasteiger partial charge in [0.25, 0.3) is 0 Å². The number of halogens is 1. The molecule has 2 aromatic rings. The first kappa shape index (κ1) is 16.0. The van der Waals surface area contributed by atoms with Crippen LogP contribution in [0.15, 0.2) is 28.8 Å². The summed E-state index contributed by atoms with van der Waals surface area (Å²) in [6.07, 6.45) is 3.06. The molecule has 0 unspecified atom stereocenters. The number of aromatic nitrogens is 2. The number of hydrogen-bond donors (Lipinski definition) is 2. The van der Waals surface area contributed by atoms with E-state index in [0.717, 1.165) is 18.0 Å². The summed E-state index contributed by atoms with van der Waals surface area (Å²) in [5.41, 5.74) is 0.806. The Bertz CT molecular complexity index is 670. The van der Waals surface area contributed by atoms with Gasteiger partial charge in [-0.05, 0) is 37.4 Å². The molecule has 23 heavy (non-hydrogen) atoms. The highest BCUT2D eigenvalue weighted by Gasteiger charge is 2.20. The van der Waals surface area contributed by atoms with Crippen molar-refractivity contribution in [1.29, 1.82) is 0 Å². The maximum absolute atomic E-state index is 11.6. The van der Waals surface area contributed by atoms with Gasteiger partial charge in [-0.3, -0.25) is 4.79 Å². The molecule has 0 bridgehead atoms. The molecule has 0 radical (unpaired) electrons. The van der Waals surface area contributed by atoms with Crippen molar-refractivity contribution in [2.75, 3.05) is 19.6 Å². The van der Waals surface area contributed by atoms with Crippen LogP contribution in [0.1, 0.15) is 18.7 Å². The molecule has 7 heteroatoms. The monoisotopic (exact) mass is 334 g/mol. The predicted octanol–water partition coefficient (Wildman–Crippen LogP) is 2.05. The Hall–Kier alpha value is -1.92. The molecule has 1 aliphatic carbocycles. The molecule has 1 aliphatic rings. The van der Waals surface area contributed by atoms with E-state index in [2.05, 4.69) is 20.8 Å². The van der Waals surface area contributed by atoms with Gasteiger partial charge >= 0.3 is 0 Å². The molecule has 1 aromatic carbocycles. The lowest BCUT2D eigenvalue weighted by Crippen LogP contribution is -2.35. The van der Waals surface area contributed by atoms with E-state index in [1.807, 2.05) is 12.1 Å². The first-order valence-corrected chi connectivity index (χ1v) is 8.14. The first-order valence-electron chi connectivity index (χ1n) is 7.76. The lowest BCUT2D eigenvalue weighted by atomic mass is 10.2. The van der Waals surface area contributed by atoms with E-state index in [0.29, 0.717) is 36.2 Å². The van der Waals surface area contributed by atoms with Crippen LogP contribution in [0.25, 0.3) is 11.4 Å². The Morgan fingerprint density at radius 2 is 2.26 bits per heavy atom. The average molecular weight is 335 g/mol. The minimum absolute atomic E-state index is 0.0137. The maximum atomic E-state index is 11.6. The summed E-state index contributed by atoms with van der Waals surface area (Å²) < 4.78 is 5.19. The number of nitrogens with one attached hydrogen (secondary N) is 2. The number of benzene rings is 1. The zero-order valence-corrected chi connectivity index (χ0v) is 13.5. The SMILES string of the molecule is O=C(CNCC1CC1)NCCc1nc(-c2cccc(Cl)c2)no1. The lowest BCUT2D eigenvalue weighted by molar-refractivity contribution is -0.120. The molecule has 122 valence electrons. The molecule has 0 saturated heterocycles. The summed E-state index contributed by atoms with van der Waals surface area (Å²) in [7, 11) is 0. The highest BCUT2D eigenvalue weighted by atomic mass is 35.5. The van der Waals surface area contributed by atoms with Gasteiger partial charge in [-0.25, -0.2) is 0 Å². The third-order valence-electron chi connectivity index (χ3n) is 3.63. The van der Waals surface area contributed by atoms with Gasteiger partial charge < -0.3 is 15.2 Å². The zero-order chi connectivity index (χ0) is 16.1. The van der Waals surface area contributed by atoms with Crippen LogP contribution in [0, 0.1) is 5.92 Å². The van der Waals surface area contributed by atoms with Crippen LogP contribution in [0.4, 0.5) is 0 Å². The summed E-state index contributed by atoms with van der Waals surface area (Å²) in [6.45, 7) is 1.76. The van der Waals surface area contributed by atoms with Crippen LogP contribution in [-0.4, -0.2) is 35.7 Å². The van der Waals surface area contributed by atoms with E-state index >= 15 is 0 Å². The number of carbonyl (C=O) groups excluding carboxylic acids is 1. The third-order valence-corrected chi connectivity index (χ3v) is 3.86. The van der Waals surface area contributed by atoms with Crippen molar-refractivity contribution in [3.05, 3.63) is 35.2 Å². The van der Waals surface area contributed by atoms with E-state index in [1.165, 1.54) is 12.8 Å². The minimum Gasteiger partial charge on any atom is -0.354 e. The van der Waals surface area contributed by atoms with Gasteiger partial charge in [-0.2, -0.15) is 4.98 Å². The second kappa shape index (κ2) is 7.57. The van der Waals surface area contributed by atoms with E-state index < -0.39 is 0 Å². The summed E-state index contributed by atoms with van der Waals surface area (Å²) >= 11 is 5.95. The highest BCUT2D eigenvalue weighted by molar-refractivity contribution is 6.30. The van der Waals surface area contributed by atoms with Crippen molar-refractivity contribution in [1.82, 2.24) is 20.8 Å². The summed E-state index contributed by atoms with van der Waals surface area (Å²) in [5, 5.41) is 10.5. The number of nitrogens with zero attached hydrogens (tertiary/aromatic N) is 2. The van der Waals surface area contributed by atoms with Crippen LogP contribution in [0.2, 0.25) is 5.02 Å². The fourth-order valence-electron chi connectivity index (χ4n) is 2.18. The van der Waals surface area contributed by atoms with Gasteiger partial charge in [0, 0.05) is 23.6 Å². The van der Waals surface area contributed by atoms with Crippen LogP contribution >= 0.6 is 11.6 Å². The molecular formula is C16H19ClN4O2. The number of hydrogen-bond acceptors (Lipinski definition) is 5. The Labute approximate surface area is 139 Å². The topological polar surface area (TPSA) is 80.0 Å². The normalized spacial score (nSPS) is 14.0. The second-order valence-electron chi connectivity index (χ2n) is 5.70. The fourth-order valence-corrected chi connectivity index (χ4v) is 2.37. The van der Waals surface area contributed by atoms with Crippen molar-refractivity contribution in [3.63, 3.8) is 0 Å². The predicted molar refractivity (Wildman–Crippen MR) is 87.1 cm³/mol. The zero-order valence-electron chi connectivity index (χ0n) is 12.7. The molecule has 2 N–H and O–H groups in total. The van der Waals surface area contributed by atoms with E-state index in [9.17, 15) is 4.79 Å². The van der Waals surface area contributed by atoms with Gasteiger partial charge in [0.2, 0.25) is 17.6 Å². The molecule has 3 rings (SSSR count). The first-order chi connectivity index (χ1) is 11.2. The fraction of sp³-hybridized carbons (Fsp3) is 0.438. The molecule has 1 aromatic heterocycles. The van der Waals surface area contributed by atoms with E-state index in [1.54, 1.807) is 12.1 Å². The smallest absolute Gasteiger partial charge is 0.233 e. The van der Waals surface area contributed by atoms with E-state index in [4.69, 9.17) is 16.1 Å². The van der Waals surface area contributed by atoms with Crippen molar-refractivity contribution < 1.29 is 9.32 Å². The maximum Gasteiger partial charge on any atom is 0.233 e. The van der Waals surface area contributed by atoms with Crippen LogP contribution < -0.4 is 10.6 Å².